The van der Waals surface area contributed by atoms with Gasteiger partial charge in [-0.05, 0) is 42.4 Å². The summed E-state index contributed by atoms with van der Waals surface area (Å²) in [5, 5.41) is 2.96. The molecule has 0 fully saturated rings. The van der Waals surface area contributed by atoms with Gasteiger partial charge in [-0.15, -0.1) is 18.3 Å². The first-order chi connectivity index (χ1) is 9.56. The van der Waals surface area contributed by atoms with Crippen molar-refractivity contribution in [3.63, 3.8) is 0 Å². The van der Waals surface area contributed by atoms with E-state index in [9.17, 15) is 8.42 Å². The molecular weight excluding hydrogens is 308 g/mol. The van der Waals surface area contributed by atoms with Crippen molar-refractivity contribution in [1.82, 2.24) is 0 Å². The van der Waals surface area contributed by atoms with Crippen molar-refractivity contribution in [2.75, 3.05) is 17.3 Å². The summed E-state index contributed by atoms with van der Waals surface area (Å²) in [6, 6.07) is 6.91. The highest BCUT2D eigenvalue weighted by Crippen LogP contribution is 2.16. The Morgan fingerprint density at radius 1 is 1.20 bits per heavy atom. The van der Waals surface area contributed by atoms with E-state index in [1.54, 1.807) is 17.5 Å². The molecule has 0 aliphatic carbocycles. The summed E-state index contributed by atoms with van der Waals surface area (Å²) in [6.45, 7) is 5.60. The normalized spacial score (nSPS) is 11.8. The Labute approximate surface area is 130 Å². The quantitative estimate of drug-likeness (QED) is 0.500. The molecule has 0 saturated heterocycles. The van der Waals surface area contributed by atoms with Gasteiger partial charge in [0.25, 0.3) is 0 Å². The van der Waals surface area contributed by atoms with Crippen molar-refractivity contribution in [1.29, 1.82) is 0 Å². The van der Waals surface area contributed by atoms with E-state index in [0.717, 1.165) is 29.2 Å². The van der Waals surface area contributed by atoms with Gasteiger partial charge in [0.15, 0.2) is 9.84 Å². The molecule has 0 radical (unpaired) electrons. The Kier molecular flexibility index (Phi) is 8.11. The lowest BCUT2D eigenvalue weighted by atomic mass is 10.2. The first kappa shape index (κ1) is 17.4. The molecule has 0 atom stereocenters. The Bertz CT molecular complexity index is 531. The Balaban J connectivity index is 2.37. The van der Waals surface area contributed by atoms with Crippen molar-refractivity contribution < 1.29 is 8.42 Å². The van der Waals surface area contributed by atoms with Crippen molar-refractivity contribution in [3.05, 3.63) is 53.3 Å². The Morgan fingerprint density at radius 2 is 1.90 bits per heavy atom. The summed E-state index contributed by atoms with van der Waals surface area (Å²) >= 11 is 3.38. The highest BCUT2D eigenvalue weighted by Gasteiger charge is 2.08. The summed E-state index contributed by atoms with van der Waals surface area (Å²) in [4.78, 5) is 0.349. The van der Waals surface area contributed by atoms with Gasteiger partial charge in [0.2, 0.25) is 0 Å². The molecule has 0 aromatic heterocycles. The van der Waals surface area contributed by atoms with Gasteiger partial charge in [-0.3, -0.25) is 0 Å². The van der Waals surface area contributed by atoms with Crippen molar-refractivity contribution in [2.45, 2.75) is 18.2 Å². The third-order valence-electron chi connectivity index (χ3n) is 2.47. The van der Waals surface area contributed by atoms with Gasteiger partial charge in [-0.2, -0.15) is 11.8 Å². The van der Waals surface area contributed by atoms with Crippen LogP contribution in [0.15, 0.2) is 52.6 Å². The van der Waals surface area contributed by atoms with Gasteiger partial charge in [-0.1, -0.05) is 23.8 Å². The third kappa shape index (κ3) is 6.68. The summed E-state index contributed by atoms with van der Waals surface area (Å²) < 4.78 is 24.0. The smallest absolute Gasteiger partial charge is 0.200 e. The van der Waals surface area contributed by atoms with Gasteiger partial charge in [0.1, 0.15) is 0 Å². The average molecular weight is 329 g/mol. The van der Waals surface area contributed by atoms with Crippen LogP contribution in [0.5, 0.6) is 0 Å². The van der Waals surface area contributed by atoms with E-state index in [-0.39, 0.29) is 0 Å². The van der Waals surface area contributed by atoms with Crippen LogP contribution in [0.3, 0.4) is 0 Å². The number of thioether (sulfide) groups is 2. The van der Waals surface area contributed by atoms with Crippen molar-refractivity contribution in [3.8, 4) is 0 Å². The average Bonchev–Trinajstić information content (AvgIpc) is 2.42. The molecule has 2 nitrogen and oxygen atoms in total. The summed E-state index contributed by atoms with van der Waals surface area (Å²) in [6.07, 6.45) is 2.96. The molecule has 1 rings (SSSR count). The van der Waals surface area contributed by atoms with E-state index in [1.807, 2.05) is 36.9 Å². The summed E-state index contributed by atoms with van der Waals surface area (Å²) in [5.41, 5.74) is 1.05. The molecule has 0 spiro atoms. The van der Waals surface area contributed by atoms with Gasteiger partial charge in [0.05, 0.1) is 4.90 Å². The minimum Gasteiger partial charge on any atom is -0.219 e. The molecule has 20 heavy (non-hydrogen) atoms. The highest BCUT2D eigenvalue weighted by atomic mass is 32.2. The fraction of sp³-hybridized carbons (Fsp3) is 0.333. The zero-order valence-corrected chi connectivity index (χ0v) is 14.1. The zero-order chi connectivity index (χ0) is 14.8. The van der Waals surface area contributed by atoms with Crippen LogP contribution < -0.4 is 0 Å². The fourth-order valence-electron chi connectivity index (χ4n) is 1.40. The highest BCUT2D eigenvalue weighted by molar-refractivity contribution is 8.03. The molecule has 0 aliphatic heterocycles. The molecule has 1 aromatic carbocycles. The summed E-state index contributed by atoms with van der Waals surface area (Å²) in [7, 11) is -3.30. The molecule has 110 valence electrons. The van der Waals surface area contributed by atoms with E-state index in [4.69, 9.17) is 0 Å². The molecule has 0 heterocycles. The van der Waals surface area contributed by atoms with Crippen LogP contribution in [-0.2, 0) is 9.84 Å². The minimum atomic E-state index is -3.30. The first-order valence-electron chi connectivity index (χ1n) is 6.35. The van der Waals surface area contributed by atoms with Crippen LogP contribution in [0.2, 0.25) is 0 Å². The third-order valence-corrected chi connectivity index (χ3v) is 5.96. The molecule has 0 unspecified atom stereocenters. The van der Waals surface area contributed by atoms with Crippen molar-refractivity contribution >= 4 is 33.4 Å². The molecule has 0 amide bonds. The molecular formula is C15H20O2S3. The Hall–Kier alpha value is -0.650. The monoisotopic (exact) mass is 328 g/mol. The lowest BCUT2D eigenvalue weighted by Gasteiger charge is -2.00. The van der Waals surface area contributed by atoms with Crippen molar-refractivity contribution in [2.24, 2.45) is 0 Å². The molecule has 0 aliphatic rings. The Morgan fingerprint density at radius 3 is 2.55 bits per heavy atom. The maximum absolute atomic E-state index is 12.0. The number of benzene rings is 1. The number of aryl methyl sites for hydroxylation is 1. The van der Waals surface area contributed by atoms with E-state index >= 15 is 0 Å². The minimum absolute atomic E-state index is 0.349. The fourth-order valence-corrected chi connectivity index (χ4v) is 4.28. The van der Waals surface area contributed by atoms with E-state index in [1.165, 1.54) is 17.2 Å². The maximum Gasteiger partial charge on any atom is 0.200 e. The van der Waals surface area contributed by atoms with Gasteiger partial charge < -0.3 is 0 Å². The molecule has 5 heteroatoms. The topological polar surface area (TPSA) is 34.1 Å². The lowest BCUT2D eigenvalue weighted by molar-refractivity contribution is 0.604. The van der Waals surface area contributed by atoms with Gasteiger partial charge in [-0.25, -0.2) is 8.42 Å². The van der Waals surface area contributed by atoms with E-state index in [2.05, 4.69) is 6.58 Å². The maximum atomic E-state index is 12.0. The predicted molar refractivity (Wildman–Crippen MR) is 92.1 cm³/mol. The number of hydrogen-bond donors (Lipinski definition) is 0. The van der Waals surface area contributed by atoms with Crippen LogP contribution in [0, 0.1) is 6.92 Å². The second-order valence-electron chi connectivity index (χ2n) is 4.22. The zero-order valence-electron chi connectivity index (χ0n) is 11.6. The molecule has 0 N–H and O–H groups in total. The molecule has 0 bridgehead atoms. The number of hydrogen-bond acceptors (Lipinski definition) is 4. The van der Waals surface area contributed by atoms with E-state index < -0.39 is 9.84 Å². The van der Waals surface area contributed by atoms with E-state index in [0.29, 0.717) is 4.90 Å². The first-order valence-corrected chi connectivity index (χ1v) is 10.1. The van der Waals surface area contributed by atoms with Crippen LogP contribution >= 0.6 is 23.5 Å². The number of sulfone groups is 1. The van der Waals surface area contributed by atoms with Crippen LogP contribution in [-0.4, -0.2) is 25.7 Å². The second kappa shape index (κ2) is 9.32. The molecule has 1 aromatic rings. The SMILES string of the molecule is C=CCSCCCS/C=C/S(=O)(=O)c1ccc(C)cc1. The molecule has 0 saturated carbocycles. The second-order valence-corrected chi connectivity index (χ2v) is 8.22. The summed E-state index contributed by atoms with van der Waals surface area (Å²) in [5.74, 6) is 2.99. The van der Waals surface area contributed by atoms with Gasteiger partial charge in [0, 0.05) is 11.2 Å². The lowest BCUT2D eigenvalue weighted by Crippen LogP contribution is -1.95. The van der Waals surface area contributed by atoms with Gasteiger partial charge >= 0.3 is 0 Å². The largest absolute Gasteiger partial charge is 0.219 e. The predicted octanol–water partition coefficient (Wildman–Crippen LogP) is 4.28. The standard InChI is InChI=1S/C15H20O2S3/c1-3-9-18-10-4-11-19-12-13-20(16,17)15-7-5-14(2)6-8-15/h3,5-8,12-13H,1,4,9-11H2,2H3/b13-12+. The number of rotatable bonds is 9. The van der Waals surface area contributed by atoms with Crippen LogP contribution in [0.25, 0.3) is 0 Å². The van der Waals surface area contributed by atoms with Crippen LogP contribution in [0.4, 0.5) is 0 Å². The van der Waals surface area contributed by atoms with Crippen LogP contribution in [0.1, 0.15) is 12.0 Å².